The molecule has 0 bridgehead atoms. The molecule has 15 heavy (non-hydrogen) atoms. The fourth-order valence-corrected chi connectivity index (χ4v) is 2.01. The van der Waals surface area contributed by atoms with Gasteiger partial charge in [0.1, 0.15) is 0 Å². The van der Waals surface area contributed by atoms with Crippen molar-refractivity contribution in [2.45, 2.75) is 58.0 Å². The summed E-state index contributed by atoms with van der Waals surface area (Å²) in [5.74, 6) is 0.507. The van der Waals surface area contributed by atoms with Crippen molar-refractivity contribution in [3.8, 4) is 0 Å². The number of carbonyl (C=O) groups excluding carboxylic acids is 1. The highest BCUT2D eigenvalue weighted by atomic mass is 16.3. The maximum absolute atomic E-state index is 11.5. The summed E-state index contributed by atoms with van der Waals surface area (Å²) >= 11 is 0. The molecule has 0 radical (unpaired) electrons. The van der Waals surface area contributed by atoms with Crippen LogP contribution in [0, 0.1) is 5.92 Å². The largest absolute Gasteiger partial charge is 0.388 e. The van der Waals surface area contributed by atoms with E-state index >= 15 is 0 Å². The molecule has 0 spiro atoms. The lowest BCUT2D eigenvalue weighted by molar-refractivity contribution is -0.123. The van der Waals surface area contributed by atoms with Crippen LogP contribution in [0.3, 0.4) is 0 Å². The third kappa shape index (κ3) is 4.20. The molecule has 1 aliphatic rings. The van der Waals surface area contributed by atoms with Crippen LogP contribution in [0.2, 0.25) is 0 Å². The third-order valence-electron chi connectivity index (χ3n) is 3.38. The van der Waals surface area contributed by atoms with E-state index in [2.05, 4.69) is 19.2 Å². The second-order valence-corrected chi connectivity index (χ2v) is 4.93. The van der Waals surface area contributed by atoms with Gasteiger partial charge in [-0.15, -0.1) is 0 Å². The van der Waals surface area contributed by atoms with Gasteiger partial charge in [-0.2, -0.15) is 0 Å². The zero-order valence-corrected chi connectivity index (χ0v) is 9.88. The molecule has 0 aromatic carbocycles. The van der Waals surface area contributed by atoms with E-state index in [9.17, 15) is 9.90 Å². The van der Waals surface area contributed by atoms with Crippen molar-refractivity contribution in [2.24, 2.45) is 5.92 Å². The molecule has 1 rings (SSSR count). The average molecular weight is 213 g/mol. The molecule has 1 saturated carbocycles. The minimum absolute atomic E-state index is 0.0738. The van der Waals surface area contributed by atoms with E-state index in [1.165, 1.54) is 0 Å². The van der Waals surface area contributed by atoms with Gasteiger partial charge in [-0.3, -0.25) is 4.79 Å². The van der Waals surface area contributed by atoms with Gasteiger partial charge < -0.3 is 10.4 Å². The SMILES string of the molecule is CCC(C)CC(=O)NCC1(O)CCCC1. The van der Waals surface area contributed by atoms with Gasteiger partial charge in [-0.05, 0) is 18.8 Å². The Bertz CT molecular complexity index is 210. The Morgan fingerprint density at radius 2 is 2.07 bits per heavy atom. The quantitative estimate of drug-likeness (QED) is 0.732. The molecule has 1 amide bonds. The molecular formula is C12H23NO2. The van der Waals surface area contributed by atoms with Crippen molar-refractivity contribution in [2.75, 3.05) is 6.54 Å². The number of rotatable bonds is 5. The van der Waals surface area contributed by atoms with Crippen molar-refractivity contribution in [1.82, 2.24) is 5.32 Å². The van der Waals surface area contributed by atoms with Gasteiger partial charge in [-0.1, -0.05) is 33.1 Å². The molecule has 0 heterocycles. The Kier molecular flexibility index (Phi) is 4.58. The zero-order valence-electron chi connectivity index (χ0n) is 9.88. The normalized spacial score (nSPS) is 21.3. The molecule has 0 saturated heterocycles. The van der Waals surface area contributed by atoms with Gasteiger partial charge in [-0.25, -0.2) is 0 Å². The Morgan fingerprint density at radius 1 is 1.47 bits per heavy atom. The van der Waals surface area contributed by atoms with Gasteiger partial charge >= 0.3 is 0 Å². The lowest BCUT2D eigenvalue weighted by Crippen LogP contribution is -2.41. The Morgan fingerprint density at radius 3 is 2.60 bits per heavy atom. The number of aliphatic hydroxyl groups is 1. The minimum Gasteiger partial charge on any atom is -0.388 e. The molecule has 0 aromatic heterocycles. The Hall–Kier alpha value is -0.570. The van der Waals surface area contributed by atoms with E-state index in [0.29, 0.717) is 18.9 Å². The van der Waals surface area contributed by atoms with E-state index in [4.69, 9.17) is 0 Å². The molecular weight excluding hydrogens is 190 g/mol. The molecule has 0 aromatic rings. The first-order chi connectivity index (χ1) is 7.06. The molecule has 1 unspecified atom stereocenters. The Balaban J connectivity index is 2.21. The van der Waals surface area contributed by atoms with Crippen LogP contribution in [0.1, 0.15) is 52.4 Å². The van der Waals surface area contributed by atoms with E-state index < -0.39 is 5.60 Å². The van der Waals surface area contributed by atoms with Crippen LogP contribution in [-0.4, -0.2) is 23.2 Å². The monoisotopic (exact) mass is 213 g/mol. The van der Waals surface area contributed by atoms with Crippen LogP contribution in [0.5, 0.6) is 0 Å². The van der Waals surface area contributed by atoms with E-state index in [0.717, 1.165) is 32.1 Å². The smallest absolute Gasteiger partial charge is 0.220 e. The van der Waals surface area contributed by atoms with E-state index in [-0.39, 0.29) is 5.91 Å². The number of hydrogen-bond acceptors (Lipinski definition) is 2. The maximum Gasteiger partial charge on any atom is 0.220 e. The van der Waals surface area contributed by atoms with Crippen molar-refractivity contribution in [1.29, 1.82) is 0 Å². The maximum atomic E-state index is 11.5. The molecule has 3 nitrogen and oxygen atoms in total. The molecule has 1 aliphatic carbocycles. The summed E-state index contributed by atoms with van der Waals surface area (Å²) in [5.41, 5.74) is -0.620. The van der Waals surface area contributed by atoms with Gasteiger partial charge in [0.05, 0.1) is 5.60 Å². The molecule has 2 N–H and O–H groups in total. The van der Waals surface area contributed by atoms with Gasteiger partial charge in [0, 0.05) is 13.0 Å². The molecule has 1 atom stereocenters. The van der Waals surface area contributed by atoms with Gasteiger partial charge in [0.25, 0.3) is 0 Å². The van der Waals surface area contributed by atoms with Crippen molar-refractivity contribution in [3.63, 3.8) is 0 Å². The topological polar surface area (TPSA) is 49.3 Å². The van der Waals surface area contributed by atoms with Crippen molar-refractivity contribution >= 4 is 5.91 Å². The highest BCUT2D eigenvalue weighted by Gasteiger charge is 2.31. The first-order valence-electron chi connectivity index (χ1n) is 6.05. The number of nitrogens with one attached hydrogen (secondary N) is 1. The highest BCUT2D eigenvalue weighted by molar-refractivity contribution is 5.76. The first-order valence-corrected chi connectivity index (χ1v) is 6.05. The summed E-state index contributed by atoms with van der Waals surface area (Å²) in [4.78, 5) is 11.5. The van der Waals surface area contributed by atoms with Crippen LogP contribution in [0.4, 0.5) is 0 Å². The summed E-state index contributed by atoms with van der Waals surface area (Å²) in [6.07, 6.45) is 5.42. The Labute approximate surface area is 92.3 Å². The zero-order chi connectivity index (χ0) is 11.3. The van der Waals surface area contributed by atoms with E-state index in [1.807, 2.05) is 0 Å². The lowest BCUT2D eigenvalue weighted by atomic mass is 10.0. The fraction of sp³-hybridized carbons (Fsp3) is 0.917. The molecule has 88 valence electrons. The highest BCUT2D eigenvalue weighted by Crippen LogP contribution is 2.28. The summed E-state index contributed by atoms with van der Waals surface area (Å²) in [5, 5.41) is 12.9. The van der Waals surface area contributed by atoms with Crippen LogP contribution in [-0.2, 0) is 4.79 Å². The van der Waals surface area contributed by atoms with Crippen LogP contribution < -0.4 is 5.32 Å². The summed E-state index contributed by atoms with van der Waals surface area (Å²) in [7, 11) is 0. The predicted molar refractivity (Wildman–Crippen MR) is 60.5 cm³/mol. The fourth-order valence-electron chi connectivity index (χ4n) is 2.01. The molecule has 1 fully saturated rings. The lowest BCUT2D eigenvalue weighted by Gasteiger charge is -2.22. The molecule has 0 aliphatic heterocycles. The predicted octanol–water partition coefficient (Wildman–Crippen LogP) is 1.84. The second kappa shape index (κ2) is 5.50. The molecule has 3 heteroatoms. The number of amides is 1. The summed E-state index contributed by atoms with van der Waals surface area (Å²) < 4.78 is 0. The van der Waals surface area contributed by atoms with Crippen molar-refractivity contribution < 1.29 is 9.90 Å². The average Bonchev–Trinajstić information content (AvgIpc) is 2.63. The van der Waals surface area contributed by atoms with Gasteiger partial charge in [0.2, 0.25) is 5.91 Å². The van der Waals surface area contributed by atoms with Crippen molar-refractivity contribution in [3.05, 3.63) is 0 Å². The van der Waals surface area contributed by atoms with E-state index in [1.54, 1.807) is 0 Å². The van der Waals surface area contributed by atoms with Crippen LogP contribution in [0.15, 0.2) is 0 Å². The third-order valence-corrected chi connectivity index (χ3v) is 3.38. The number of hydrogen-bond donors (Lipinski definition) is 2. The van der Waals surface area contributed by atoms with Crippen LogP contribution >= 0.6 is 0 Å². The first kappa shape index (κ1) is 12.5. The number of carbonyl (C=O) groups is 1. The minimum atomic E-state index is -0.620. The standard InChI is InChI=1S/C12H23NO2/c1-3-10(2)8-11(14)13-9-12(15)6-4-5-7-12/h10,15H,3-9H2,1-2H3,(H,13,14). The van der Waals surface area contributed by atoms with Gasteiger partial charge in [0.15, 0.2) is 0 Å². The summed E-state index contributed by atoms with van der Waals surface area (Å²) in [6, 6.07) is 0. The second-order valence-electron chi connectivity index (χ2n) is 4.93. The van der Waals surface area contributed by atoms with Crippen LogP contribution in [0.25, 0.3) is 0 Å². The summed E-state index contributed by atoms with van der Waals surface area (Å²) in [6.45, 7) is 4.59.